The Bertz CT molecular complexity index is 1800. The van der Waals surface area contributed by atoms with E-state index in [4.69, 9.17) is 20.4 Å². The van der Waals surface area contributed by atoms with E-state index in [1.165, 1.54) is 11.1 Å². The molecule has 6 heterocycles. The van der Waals surface area contributed by atoms with Crippen LogP contribution in [0.1, 0.15) is 36.4 Å². The molecule has 0 unspecified atom stereocenters. The van der Waals surface area contributed by atoms with Gasteiger partial charge in [-0.25, -0.2) is 19.6 Å². The molecule has 4 aromatic heterocycles. The van der Waals surface area contributed by atoms with Gasteiger partial charge in [0.1, 0.15) is 11.3 Å². The Morgan fingerprint density at radius 1 is 1.00 bits per heavy atom. The Kier molecular flexibility index (Phi) is 6.41. The maximum absolute atomic E-state index is 12.6. The summed E-state index contributed by atoms with van der Waals surface area (Å²) >= 11 is 0. The zero-order valence-electron chi connectivity index (χ0n) is 23.8. The molecule has 5 aromatic rings. The largest absolute Gasteiger partial charge is 0.383 e. The molecule has 1 aliphatic carbocycles. The first-order chi connectivity index (χ1) is 21.1. The third kappa shape index (κ3) is 4.65. The average Bonchev–Trinajstić information content (AvgIpc) is 3.76. The number of fused-ring (bicyclic) bond motifs is 2. The highest BCUT2D eigenvalue weighted by molar-refractivity contribution is 5.83. The summed E-state index contributed by atoms with van der Waals surface area (Å²) in [5.74, 6) is 2.16. The molecular weight excluding hydrogens is 542 g/mol. The van der Waals surface area contributed by atoms with Gasteiger partial charge in [-0.15, -0.1) is 0 Å². The van der Waals surface area contributed by atoms with E-state index >= 15 is 0 Å². The number of ether oxygens (including phenoxy) is 1. The number of likely N-dealkylation sites (tertiary alicyclic amines) is 1. The molecule has 1 aromatic carbocycles. The number of nitrogens with zero attached hydrogens (tertiary/aromatic N) is 7. The van der Waals surface area contributed by atoms with Crippen molar-refractivity contribution in [3.05, 3.63) is 78.2 Å². The molecule has 3 aliphatic rings. The minimum atomic E-state index is 0.0653. The van der Waals surface area contributed by atoms with Gasteiger partial charge in [-0.1, -0.05) is 6.07 Å². The number of aryl methyl sites for hydroxylation is 1. The number of hydrogen-bond donors (Lipinski definition) is 2. The minimum absolute atomic E-state index is 0.0653. The van der Waals surface area contributed by atoms with Crippen molar-refractivity contribution < 1.29 is 9.53 Å². The van der Waals surface area contributed by atoms with E-state index in [1.54, 1.807) is 17.1 Å². The van der Waals surface area contributed by atoms with Crippen LogP contribution < -0.4 is 11.1 Å². The van der Waals surface area contributed by atoms with Gasteiger partial charge in [0.2, 0.25) is 5.91 Å². The van der Waals surface area contributed by atoms with E-state index in [0.717, 1.165) is 61.2 Å². The van der Waals surface area contributed by atoms with Crippen molar-refractivity contribution in [1.29, 1.82) is 0 Å². The Hall–Kier alpha value is -4.61. The third-order valence-electron chi connectivity index (χ3n) is 9.00. The second kappa shape index (κ2) is 10.6. The van der Waals surface area contributed by atoms with Crippen LogP contribution in [-0.4, -0.2) is 72.5 Å². The summed E-state index contributed by atoms with van der Waals surface area (Å²) in [6, 6.07) is 16.9. The molecule has 3 N–H and O–H groups in total. The second-order valence-corrected chi connectivity index (χ2v) is 11.6. The maximum atomic E-state index is 12.6. The van der Waals surface area contributed by atoms with Gasteiger partial charge in [0.25, 0.3) is 0 Å². The van der Waals surface area contributed by atoms with Crippen molar-refractivity contribution in [3.8, 4) is 22.9 Å². The van der Waals surface area contributed by atoms with Crippen molar-refractivity contribution in [3.63, 3.8) is 0 Å². The van der Waals surface area contributed by atoms with E-state index in [0.29, 0.717) is 42.8 Å². The summed E-state index contributed by atoms with van der Waals surface area (Å²) in [4.78, 5) is 28.9. The number of amides is 1. The van der Waals surface area contributed by atoms with E-state index in [1.807, 2.05) is 41.4 Å². The lowest BCUT2D eigenvalue weighted by Crippen LogP contribution is -2.50. The number of piperidine rings is 1. The number of nitrogen functional groups attached to an aromatic ring is 1. The number of benzene rings is 1. The monoisotopic (exact) mass is 575 g/mol. The smallest absolute Gasteiger partial charge is 0.230 e. The lowest BCUT2D eigenvalue weighted by molar-refractivity contribution is -0.151. The SMILES string of the molecule is Nc1ncccc1-c1nc2ccc(-n3cccn3)nc2n1-c1ccc2c(c1)CC[C@@H]2NC1CCN(C(=O)C2COC2)CC1. The van der Waals surface area contributed by atoms with Crippen LogP contribution in [0.15, 0.2) is 67.1 Å². The maximum Gasteiger partial charge on any atom is 0.230 e. The fourth-order valence-electron chi connectivity index (χ4n) is 6.61. The Balaban J connectivity index is 1.09. The van der Waals surface area contributed by atoms with E-state index in [9.17, 15) is 4.79 Å². The number of hydrogen-bond acceptors (Lipinski definition) is 8. The van der Waals surface area contributed by atoms with Crippen molar-refractivity contribution in [2.45, 2.75) is 37.8 Å². The topological polar surface area (TPSA) is 129 Å². The van der Waals surface area contributed by atoms with Crippen molar-refractivity contribution >= 4 is 22.9 Å². The Labute approximate surface area is 248 Å². The van der Waals surface area contributed by atoms with Crippen molar-refractivity contribution in [2.75, 3.05) is 32.0 Å². The highest BCUT2D eigenvalue weighted by atomic mass is 16.5. The standard InChI is InChI=1S/C32H33N9O2/c33-29-25(3-1-12-34-29)30-37-27-8-9-28(40-14-2-13-35-40)38-31(27)41(30)23-5-6-24-20(17-23)4-7-26(24)36-22-10-15-39(16-11-22)32(42)21-18-43-19-21/h1-3,5-6,8-9,12-14,17,21-22,26,36H,4,7,10-11,15-16,18-19H2,(H2,33,34)/t26-/m0/s1. The quantitative estimate of drug-likeness (QED) is 0.315. The number of rotatable bonds is 6. The van der Waals surface area contributed by atoms with Crippen LogP contribution in [0.5, 0.6) is 0 Å². The van der Waals surface area contributed by atoms with Crippen LogP contribution in [0.2, 0.25) is 0 Å². The molecule has 218 valence electrons. The van der Waals surface area contributed by atoms with E-state index < -0.39 is 0 Å². The van der Waals surface area contributed by atoms with E-state index in [2.05, 4.69) is 38.2 Å². The first-order valence-electron chi connectivity index (χ1n) is 15.0. The molecule has 1 atom stereocenters. The van der Waals surface area contributed by atoms with Crippen molar-refractivity contribution in [1.82, 2.24) is 39.5 Å². The molecule has 1 amide bonds. The van der Waals surface area contributed by atoms with Crippen molar-refractivity contribution in [2.24, 2.45) is 5.92 Å². The summed E-state index contributed by atoms with van der Waals surface area (Å²) in [5, 5.41) is 8.28. The molecule has 43 heavy (non-hydrogen) atoms. The fourth-order valence-corrected chi connectivity index (χ4v) is 6.61. The van der Waals surface area contributed by atoms with Crippen LogP contribution in [0, 0.1) is 5.92 Å². The summed E-state index contributed by atoms with van der Waals surface area (Å²) < 4.78 is 9.04. The lowest BCUT2D eigenvalue weighted by Gasteiger charge is -2.37. The van der Waals surface area contributed by atoms with Crippen LogP contribution >= 0.6 is 0 Å². The van der Waals surface area contributed by atoms with Crippen LogP contribution in [0.25, 0.3) is 34.1 Å². The highest BCUT2D eigenvalue weighted by Crippen LogP contribution is 2.36. The van der Waals surface area contributed by atoms with Gasteiger partial charge in [0.15, 0.2) is 17.3 Å². The molecule has 0 radical (unpaired) electrons. The fraction of sp³-hybridized carbons (Fsp3) is 0.344. The Morgan fingerprint density at radius 2 is 1.88 bits per heavy atom. The molecule has 2 fully saturated rings. The zero-order chi connectivity index (χ0) is 28.9. The number of imidazole rings is 1. The van der Waals surface area contributed by atoms with Gasteiger partial charge in [-0.05, 0) is 79.3 Å². The van der Waals surface area contributed by atoms with Crippen LogP contribution in [-0.2, 0) is 16.0 Å². The molecular formula is C32H33N9O2. The second-order valence-electron chi connectivity index (χ2n) is 11.6. The van der Waals surface area contributed by atoms with Gasteiger partial charge in [0, 0.05) is 49.5 Å². The molecule has 11 nitrogen and oxygen atoms in total. The zero-order valence-corrected chi connectivity index (χ0v) is 23.8. The normalized spacial score (nSPS) is 19.1. The van der Waals surface area contributed by atoms with Crippen LogP contribution in [0.4, 0.5) is 5.82 Å². The van der Waals surface area contributed by atoms with Gasteiger partial charge in [-0.3, -0.25) is 9.36 Å². The van der Waals surface area contributed by atoms with Crippen LogP contribution in [0.3, 0.4) is 0 Å². The van der Waals surface area contributed by atoms with Gasteiger partial charge < -0.3 is 20.7 Å². The predicted octanol–water partition coefficient (Wildman–Crippen LogP) is 3.46. The number of carbonyl (C=O) groups excluding carboxylic acids is 1. The average molecular weight is 576 g/mol. The van der Waals surface area contributed by atoms with Gasteiger partial charge >= 0.3 is 0 Å². The molecule has 2 saturated heterocycles. The predicted molar refractivity (Wildman–Crippen MR) is 162 cm³/mol. The summed E-state index contributed by atoms with van der Waals surface area (Å²) in [7, 11) is 0. The number of carbonyl (C=O) groups is 1. The molecule has 8 rings (SSSR count). The summed E-state index contributed by atoms with van der Waals surface area (Å²) in [6.45, 7) is 2.77. The van der Waals surface area contributed by atoms with Gasteiger partial charge in [-0.2, -0.15) is 5.10 Å². The third-order valence-corrected chi connectivity index (χ3v) is 9.00. The number of pyridine rings is 2. The molecule has 0 bridgehead atoms. The summed E-state index contributed by atoms with van der Waals surface area (Å²) in [6.07, 6.45) is 9.29. The molecule has 2 aliphatic heterocycles. The van der Waals surface area contributed by atoms with E-state index in [-0.39, 0.29) is 11.8 Å². The highest BCUT2D eigenvalue weighted by Gasteiger charge is 2.34. The molecule has 0 saturated carbocycles. The number of aromatic nitrogens is 6. The Morgan fingerprint density at radius 3 is 2.65 bits per heavy atom. The first kappa shape index (κ1) is 26.1. The lowest BCUT2D eigenvalue weighted by atomic mass is 9.99. The minimum Gasteiger partial charge on any atom is -0.383 e. The number of nitrogens with one attached hydrogen (secondary N) is 1. The molecule has 0 spiro atoms. The number of nitrogens with two attached hydrogens (primary N) is 1. The molecule has 11 heteroatoms. The number of anilines is 1. The first-order valence-corrected chi connectivity index (χ1v) is 15.0. The summed E-state index contributed by atoms with van der Waals surface area (Å²) in [5.41, 5.74) is 12.2. The van der Waals surface area contributed by atoms with Gasteiger partial charge in [0.05, 0.1) is 24.7 Å².